The van der Waals surface area contributed by atoms with E-state index in [4.69, 9.17) is 4.74 Å². The number of amides is 1. The van der Waals surface area contributed by atoms with Gasteiger partial charge in [-0.15, -0.1) is 0 Å². The minimum atomic E-state index is -0.646. The molecule has 1 saturated heterocycles. The molecule has 0 aromatic rings. The Morgan fingerprint density at radius 2 is 1.79 bits per heavy atom. The van der Waals surface area contributed by atoms with Crippen molar-refractivity contribution in [3.63, 3.8) is 0 Å². The first-order valence-electron chi connectivity index (χ1n) is 7.52. The zero-order chi connectivity index (χ0) is 14.0. The molecule has 2 rings (SSSR count). The van der Waals surface area contributed by atoms with E-state index in [0.29, 0.717) is 6.54 Å². The van der Waals surface area contributed by atoms with Crippen molar-refractivity contribution < 1.29 is 14.6 Å². The summed E-state index contributed by atoms with van der Waals surface area (Å²) in [6, 6.07) is 0. The molecule has 2 unspecified atom stereocenters. The van der Waals surface area contributed by atoms with Crippen LogP contribution in [0.1, 0.15) is 52.4 Å². The van der Waals surface area contributed by atoms with Crippen LogP contribution in [0.4, 0.5) is 0 Å². The van der Waals surface area contributed by atoms with E-state index in [1.54, 1.807) is 4.90 Å². The van der Waals surface area contributed by atoms with E-state index >= 15 is 0 Å². The second-order valence-electron chi connectivity index (χ2n) is 6.55. The topological polar surface area (TPSA) is 49.8 Å². The summed E-state index contributed by atoms with van der Waals surface area (Å²) in [5.74, 6) is 0.219. The first-order valence-corrected chi connectivity index (χ1v) is 7.52. The molecule has 1 saturated carbocycles. The maximum Gasteiger partial charge on any atom is 0.225 e. The van der Waals surface area contributed by atoms with Gasteiger partial charge < -0.3 is 14.7 Å². The van der Waals surface area contributed by atoms with Crippen molar-refractivity contribution in [2.45, 2.75) is 70.2 Å². The van der Waals surface area contributed by atoms with E-state index < -0.39 is 5.60 Å². The highest BCUT2D eigenvalue weighted by Gasteiger charge is 2.36. The van der Waals surface area contributed by atoms with Crippen LogP contribution in [0.2, 0.25) is 0 Å². The van der Waals surface area contributed by atoms with Gasteiger partial charge in [-0.2, -0.15) is 0 Å². The molecule has 1 amide bonds. The van der Waals surface area contributed by atoms with Crippen molar-refractivity contribution in [1.82, 2.24) is 4.90 Å². The monoisotopic (exact) mass is 269 g/mol. The molecule has 2 fully saturated rings. The van der Waals surface area contributed by atoms with Crippen molar-refractivity contribution in [1.29, 1.82) is 0 Å². The van der Waals surface area contributed by atoms with Gasteiger partial charge in [0.2, 0.25) is 5.91 Å². The Hall–Kier alpha value is -0.610. The lowest BCUT2D eigenvalue weighted by atomic mass is 9.91. The summed E-state index contributed by atoms with van der Waals surface area (Å²) in [5, 5.41) is 10.4. The SMILES string of the molecule is CC1CC(C(=O)N(C)CC2(O)CCCC2)CC(C)O1. The fourth-order valence-electron chi connectivity index (χ4n) is 3.63. The largest absolute Gasteiger partial charge is 0.388 e. The molecule has 0 aromatic heterocycles. The van der Waals surface area contributed by atoms with E-state index in [1.807, 2.05) is 20.9 Å². The first-order chi connectivity index (χ1) is 8.89. The molecule has 0 bridgehead atoms. The third-order valence-electron chi connectivity index (χ3n) is 4.49. The maximum absolute atomic E-state index is 12.5. The normalized spacial score (nSPS) is 34.2. The Morgan fingerprint density at radius 3 is 2.32 bits per heavy atom. The molecule has 0 radical (unpaired) electrons. The minimum Gasteiger partial charge on any atom is -0.388 e. The van der Waals surface area contributed by atoms with E-state index in [0.717, 1.165) is 38.5 Å². The predicted octanol–water partition coefficient (Wildman–Crippen LogP) is 1.95. The third kappa shape index (κ3) is 3.69. The number of hydrogen-bond donors (Lipinski definition) is 1. The third-order valence-corrected chi connectivity index (χ3v) is 4.49. The van der Waals surface area contributed by atoms with Crippen molar-refractivity contribution in [3.05, 3.63) is 0 Å². The Labute approximate surface area is 116 Å². The molecular weight excluding hydrogens is 242 g/mol. The van der Waals surface area contributed by atoms with Crippen LogP contribution >= 0.6 is 0 Å². The summed E-state index contributed by atoms with van der Waals surface area (Å²) < 4.78 is 5.68. The zero-order valence-corrected chi connectivity index (χ0v) is 12.4. The number of carbonyl (C=O) groups excluding carboxylic acids is 1. The lowest BCUT2D eigenvalue weighted by molar-refractivity contribution is -0.145. The lowest BCUT2D eigenvalue weighted by Gasteiger charge is -2.35. The average molecular weight is 269 g/mol. The van der Waals surface area contributed by atoms with Gasteiger partial charge in [-0.25, -0.2) is 0 Å². The highest BCUT2D eigenvalue weighted by Crippen LogP contribution is 2.31. The Kier molecular flexibility index (Phi) is 4.51. The summed E-state index contributed by atoms with van der Waals surface area (Å²) >= 11 is 0. The van der Waals surface area contributed by atoms with Gasteiger partial charge in [-0.05, 0) is 39.5 Å². The van der Waals surface area contributed by atoms with Gasteiger partial charge >= 0.3 is 0 Å². The van der Waals surface area contributed by atoms with Crippen LogP contribution in [0.15, 0.2) is 0 Å². The van der Waals surface area contributed by atoms with E-state index in [2.05, 4.69) is 0 Å². The van der Waals surface area contributed by atoms with Crippen LogP contribution in [0.25, 0.3) is 0 Å². The van der Waals surface area contributed by atoms with Gasteiger partial charge in [0.15, 0.2) is 0 Å². The van der Waals surface area contributed by atoms with Crippen LogP contribution in [-0.4, -0.2) is 47.3 Å². The van der Waals surface area contributed by atoms with Crippen molar-refractivity contribution in [3.8, 4) is 0 Å². The molecule has 0 aromatic carbocycles. The molecule has 1 aliphatic carbocycles. The molecule has 2 atom stereocenters. The molecule has 4 nitrogen and oxygen atoms in total. The smallest absolute Gasteiger partial charge is 0.225 e. The summed E-state index contributed by atoms with van der Waals surface area (Å²) in [6.45, 7) is 4.53. The van der Waals surface area contributed by atoms with Gasteiger partial charge in [-0.3, -0.25) is 4.79 Å². The second kappa shape index (κ2) is 5.80. The van der Waals surface area contributed by atoms with E-state index in [1.165, 1.54) is 0 Å². The summed E-state index contributed by atoms with van der Waals surface area (Å²) in [5.41, 5.74) is -0.646. The van der Waals surface area contributed by atoms with Crippen molar-refractivity contribution in [2.24, 2.45) is 5.92 Å². The fraction of sp³-hybridized carbons (Fsp3) is 0.933. The molecule has 19 heavy (non-hydrogen) atoms. The van der Waals surface area contributed by atoms with Gasteiger partial charge in [-0.1, -0.05) is 12.8 Å². The minimum absolute atomic E-state index is 0.0498. The number of likely N-dealkylation sites (N-methyl/N-ethyl adjacent to an activating group) is 1. The van der Waals surface area contributed by atoms with Crippen molar-refractivity contribution in [2.75, 3.05) is 13.6 Å². The number of rotatable bonds is 3. The fourth-order valence-corrected chi connectivity index (χ4v) is 3.63. The number of nitrogens with zero attached hydrogens (tertiary/aromatic N) is 1. The molecular formula is C15H27NO3. The Balaban J connectivity index is 1.91. The van der Waals surface area contributed by atoms with Gasteiger partial charge in [0, 0.05) is 19.5 Å². The van der Waals surface area contributed by atoms with Crippen LogP contribution in [0.3, 0.4) is 0 Å². The van der Waals surface area contributed by atoms with Gasteiger partial charge in [0.1, 0.15) is 0 Å². The van der Waals surface area contributed by atoms with E-state index in [9.17, 15) is 9.90 Å². The molecule has 110 valence electrons. The highest BCUT2D eigenvalue weighted by atomic mass is 16.5. The molecule has 1 aliphatic heterocycles. The van der Waals surface area contributed by atoms with Crippen LogP contribution < -0.4 is 0 Å². The second-order valence-corrected chi connectivity index (χ2v) is 6.55. The Morgan fingerprint density at radius 1 is 1.26 bits per heavy atom. The molecule has 0 spiro atoms. The molecule has 4 heteroatoms. The summed E-state index contributed by atoms with van der Waals surface area (Å²) in [7, 11) is 1.82. The molecule has 2 aliphatic rings. The van der Waals surface area contributed by atoms with E-state index in [-0.39, 0.29) is 24.0 Å². The average Bonchev–Trinajstić information content (AvgIpc) is 2.73. The quantitative estimate of drug-likeness (QED) is 0.852. The Bertz CT molecular complexity index is 315. The number of ether oxygens (including phenoxy) is 1. The maximum atomic E-state index is 12.5. The number of aliphatic hydroxyl groups is 1. The summed E-state index contributed by atoms with van der Waals surface area (Å²) in [6.07, 6.45) is 5.70. The van der Waals surface area contributed by atoms with Crippen molar-refractivity contribution >= 4 is 5.91 Å². The molecule has 1 heterocycles. The molecule has 1 N–H and O–H groups in total. The lowest BCUT2D eigenvalue weighted by Crippen LogP contribution is -2.46. The predicted molar refractivity (Wildman–Crippen MR) is 73.8 cm³/mol. The standard InChI is InChI=1S/C15H27NO3/c1-11-8-13(9-12(2)19-11)14(17)16(3)10-15(18)6-4-5-7-15/h11-13,18H,4-10H2,1-3H3. The summed E-state index contributed by atoms with van der Waals surface area (Å²) in [4.78, 5) is 14.2. The number of hydrogen-bond acceptors (Lipinski definition) is 3. The number of carbonyl (C=O) groups is 1. The first kappa shape index (κ1) is 14.8. The highest BCUT2D eigenvalue weighted by molar-refractivity contribution is 5.78. The van der Waals surface area contributed by atoms with Crippen LogP contribution in [0.5, 0.6) is 0 Å². The van der Waals surface area contributed by atoms with Crippen LogP contribution in [0, 0.1) is 5.92 Å². The zero-order valence-electron chi connectivity index (χ0n) is 12.4. The van der Waals surface area contributed by atoms with Crippen LogP contribution in [-0.2, 0) is 9.53 Å². The van der Waals surface area contributed by atoms with Gasteiger partial charge in [0.25, 0.3) is 0 Å². The van der Waals surface area contributed by atoms with Gasteiger partial charge in [0.05, 0.1) is 17.8 Å².